The molecule has 0 heterocycles. The van der Waals surface area contributed by atoms with Gasteiger partial charge in [-0.05, 0) is 61.2 Å². The van der Waals surface area contributed by atoms with Crippen molar-refractivity contribution in [3.63, 3.8) is 0 Å². The van der Waals surface area contributed by atoms with Crippen LogP contribution < -0.4 is 10.1 Å². The molecule has 0 aliphatic carbocycles. The fraction of sp³-hybridized carbons (Fsp3) is 0.250. The van der Waals surface area contributed by atoms with E-state index in [-0.39, 0.29) is 6.42 Å². The second-order valence-corrected chi connectivity index (χ2v) is 9.03. The van der Waals surface area contributed by atoms with E-state index in [1.807, 2.05) is 42.5 Å². The summed E-state index contributed by atoms with van der Waals surface area (Å²) in [6.07, 6.45) is -0.660. The highest BCUT2D eigenvalue weighted by Crippen LogP contribution is 2.24. The fourth-order valence-corrected chi connectivity index (χ4v) is 3.39. The van der Waals surface area contributed by atoms with Gasteiger partial charge in [0.05, 0.1) is 11.6 Å². The van der Waals surface area contributed by atoms with Gasteiger partial charge in [-0.2, -0.15) is 5.26 Å². The van der Waals surface area contributed by atoms with Gasteiger partial charge in [0, 0.05) is 6.42 Å². The van der Waals surface area contributed by atoms with Crippen molar-refractivity contribution in [2.24, 2.45) is 0 Å². The Morgan fingerprint density at radius 3 is 2.20 bits per heavy atom. The molecule has 3 rings (SSSR count). The van der Waals surface area contributed by atoms with Gasteiger partial charge < -0.3 is 19.9 Å². The van der Waals surface area contributed by atoms with Crippen molar-refractivity contribution in [3.05, 3.63) is 89.5 Å². The molecule has 0 aromatic heterocycles. The van der Waals surface area contributed by atoms with E-state index in [1.165, 1.54) is 0 Å². The smallest absolute Gasteiger partial charge is 0.408 e. The molecule has 0 aliphatic rings. The third kappa shape index (κ3) is 7.61. The number of benzene rings is 3. The third-order valence-corrected chi connectivity index (χ3v) is 5.07. The molecule has 180 valence electrons. The molecule has 35 heavy (non-hydrogen) atoms. The normalized spacial score (nSPS) is 11.7. The van der Waals surface area contributed by atoms with Crippen molar-refractivity contribution in [1.82, 2.24) is 5.32 Å². The Labute approximate surface area is 204 Å². The summed E-state index contributed by atoms with van der Waals surface area (Å²) < 4.78 is 11.0. The van der Waals surface area contributed by atoms with E-state index >= 15 is 0 Å². The number of nitriles is 1. The molecule has 7 nitrogen and oxygen atoms in total. The summed E-state index contributed by atoms with van der Waals surface area (Å²) in [6, 6.07) is 23.5. The summed E-state index contributed by atoms with van der Waals surface area (Å²) in [5, 5.41) is 21.1. The lowest BCUT2D eigenvalue weighted by Crippen LogP contribution is -2.44. The number of amides is 1. The Morgan fingerprint density at radius 1 is 0.971 bits per heavy atom. The predicted octanol–water partition coefficient (Wildman–Crippen LogP) is 5.32. The number of carboxylic acid groups (broad SMARTS) is 1. The molecule has 0 saturated heterocycles. The number of rotatable bonds is 8. The van der Waals surface area contributed by atoms with Crippen LogP contribution in [0.25, 0.3) is 11.1 Å². The first-order chi connectivity index (χ1) is 16.6. The highest BCUT2D eigenvalue weighted by Gasteiger charge is 2.24. The van der Waals surface area contributed by atoms with Gasteiger partial charge in [0.15, 0.2) is 0 Å². The van der Waals surface area contributed by atoms with E-state index < -0.39 is 23.7 Å². The standard InChI is InChI=1S/C28H28N2O5/c1-28(2,3)35-27(33)30-25(26(31)32)16-19-10-14-23(15-11-19)34-18-20-8-12-21(13-9-20)24-7-5-4-6-22(24)17-29/h4-15,25H,16,18H2,1-3H3,(H,30,33)(H,31,32)/t25-/m0/s1. The van der Waals surface area contributed by atoms with E-state index in [4.69, 9.17) is 9.47 Å². The summed E-state index contributed by atoms with van der Waals surface area (Å²) in [6.45, 7) is 5.49. The van der Waals surface area contributed by atoms with Crippen LogP contribution in [0.2, 0.25) is 0 Å². The van der Waals surface area contributed by atoms with E-state index in [0.29, 0.717) is 17.9 Å². The van der Waals surface area contributed by atoms with Crippen molar-refractivity contribution >= 4 is 12.1 Å². The number of carbonyl (C=O) groups is 2. The van der Waals surface area contributed by atoms with Crippen molar-refractivity contribution in [2.45, 2.75) is 45.4 Å². The maximum atomic E-state index is 11.9. The van der Waals surface area contributed by atoms with Crippen LogP contribution in [0.5, 0.6) is 5.75 Å². The van der Waals surface area contributed by atoms with Crippen LogP contribution in [0.3, 0.4) is 0 Å². The molecule has 0 saturated carbocycles. The van der Waals surface area contributed by atoms with E-state index in [0.717, 1.165) is 22.3 Å². The van der Waals surface area contributed by atoms with Crippen molar-refractivity contribution in [1.29, 1.82) is 5.26 Å². The number of carbonyl (C=O) groups excluding carboxylic acids is 1. The molecule has 7 heteroatoms. The Morgan fingerprint density at radius 2 is 1.60 bits per heavy atom. The molecule has 1 atom stereocenters. The number of nitrogens with zero attached hydrogens (tertiary/aromatic N) is 1. The van der Waals surface area contributed by atoms with Crippen molar-refractivity contribution < 1.29 is 24.2 Å². The Balaban J connectivity index is 1.57. The van der Waals surface area contributed by atoms with Crippen LogP contribution in [0.1, 0.15) is 37.5 Å². The number of hydrogen-bond acceptors (Lipinski definition) is 5. The zero-order valence-electron chi connectivity index (χ0n) is 19.9. The summed E-state index contributed by atoms with van der Waals surface area (Å²) >= 11 is 0. The van der Waals surface area contributed by atoms with E-state index in [2.05, 4.69) is 11.4 Å². The first kappa shape index (κ1) is 25.3. The van der Waals surface area contributed by atoms with Gasteiger partial charge in [-0.3, -0.25) is 0 Å². The topological polar surface area (TPSA) is 109 Å². The number of ether oxygens (including phenoxy) is 2. The molecule has 3 aromatic rings. The lowest BCUT2D eigenvalue weighted by atomic mass is 9.99. The SMILES string of the molecule is CC(C)(C)OC(=O)N[C@@H](Cc1ccc(OCc2ccc(-c3ccccc3C#N)cc2)cc1)C(=O)O. The molecular weight excluding hydrogens is 444 g/mol. The molecule has 0 fully saturated rings. The summed E-state index contributed by atoms with van der Waals surface area (Å²) in [7, 11) is 0. The van der Waals surface area contributed by atoms with Crippen LogP contribution in [-0.4, -0.2) is 28.8 Å². The minimum absolute atomic E-state index is 0.112. The number of carboxylic acids is 1. The first-order valence-electron chi connectivity index (χ1n) is 11.2. The number of hydrogen-bond donors (Lipinski definition) is 2. The zero-order valence-corrected chi connectivity index (χ0v) is 19.9. The average Bonchev–Trinajstić information content (AvgIpc) is 2.82. The van der Waals surface area contributed by atoms with Gasteiger partial charge in [0.25, 0.3) is 0 Å². The first-order valence-corrected chi connectivity index (χ1v) is 11.2. The molecule has 0 radical (unpaired) electrons. The number of nitrogens with one attached hydrogen (secondary N) is 1. The Hall–Kier alpha value is -4.31. The van der Waals surface area contributed by atoms with Crippen LogP contribution in [0, 0.1) is 11.3 Å². The van der Waals surface area contributed by atoms with Crippen molar-refractivity contribution in [3.8, 4) is 22.9 Å². The van der Waals surface area contributed by atoms with E-state index in [1.54, 1.807) is 51.1 Å². The Bertz CT molecular complexity index is 1210. The monoisotopic (exact) mass is 472 g/mol. The summed E-state index contributed by atoms with van der Waals surface area (Å²) in [5.74, 6) is -0.503. The number of aliphatic carboxylic acids is 1. The van der Waals surface area contributed by atoms with Gasteiger partial charge in [0.2, 0.25) is 0 Å². The number of alkyl carbamates (subject to hydrolysis) is 1. The summed E-state index contributed by atoms with van der Waals surface area (Å²) in [5.41, 5.74) is 3.47. The van der Waals surface area contributed by atoms with Crippen LogP contribution in [0.4, 0.5) is 4.79 Å². The lowest BCUT2D eigenvalue weighted by Gasteiger charge is -2.22. The van der Waals surface area contributed by atoms with Gasteiger partial charge in [-0.1, -0.05) is 54.6 Å². The summed E-state index contributed by atoms with van der Waals surface area (Å²) in [4.78, 5) is 23.5. The highest BCUT2D eigenvalue weighted by molar-refractivity contribution is 5.80. The van der Waals surface area contributed by atoms with Gasteiger partial charge >= 0.3 is 12.1 Å². The van der Waals surface area contributed by atoms with Crippen LogP contribution in [-0.2, 0) is 22.6 Å². The lowest BCUT2D eigenvalue weighted by molar-refractivity contribution is -0.139. The molecule has 3 aromatic carbocycles. The van der Waals surface area contributed by atoms with Gasteiger partial charge in [0.1, 0.15) is 24.0 Å². The van der Waals surface area contributed by atoms with E-state index in [9.17, 15) is 20.0 Å². The quantitative estimate of drug-likeness (QED) is 0.459. The second kappa shape index (κ2) is 11.2. The average molecular weight is 473 g/mol. The minimum atomic E-state index is -1.14. The third-order valence-electron chi connectivity index (χ3n) is 5.07. The molecule has 0 unspecified atom stereocenters. The largest absolute Gasteiger partial charge is 0.489 e. The van der Waals surface area contributed by atoms with Gasteiger partial charge in [-0.15, -0.1) is 0 Å². The zero-order chi connectivity index (χ0) is 25.4. The molecular formula is C28H28N2O5. The van der Waals surface area contributed by atoms with Crippen molar-refractivity contribution in [2.75, 3.05) is 0 Å². The molecule has 0 bridgehead atoms. The Kier molecular flexibility index (Phi) is 8.11. The molecule has 0 aliphatic heterocycles. The molecule has 0 spiro atoms. The fourth-order valence-electron chi connectivity index (χ4n) is 3.39. The van der Waals surface area contributed by atoms with Crippen LogP contribution in [0.15, 0.2) is 72.8 Å². The molecule has 2 N–H and O–H groups in total. The van der Waals surface area contributed by atoms with Crippen LogP contribution >= 0.6 is 0 Å². The highest BCUT2D eigenvalue weighted by atomic mass is 16.6. The molecule has 1 amide bonds. The second-order valence-electron chi connectivity index (χ2n) is 9.03. The maximum Gasteiger partial charge on any atom is 0.408 e. The van der Waals surface area contributed by atoms with Gasteiger partial charge in [-0.25, -0.2) is 9.59 Å². The minimum Gasteiger partial charge on any atom is -0.489 e. The predicted molar refractivity (Wildman–Crippen MR) is 132 cm³/mol. The maximum absolute atomic E-state index is 11.9.